The standard InChI is InChI=1S/C21H33N3O3/c1-3-22-21(26)19-12-17(13-24(19)14-18-11-10-15(2)27-18)23-20(25)16-8-6-4-5-7-9-16/h10-11,16-17,19H,3-9,12-14H2,1-2H3,(H,22,26)(H,23,25)/t17-,19+/m1/s1. The molecule has 0 radical (unpaired) electrons. The molecule has 0 unspecified atom stereocenters. The quantitative estimate of drug-likeness (QED) is 0.750. The van der Waals surface area contributed by atoms with E-state index in [0.29, 0.717) is 26.1 Å². The smallest absolute Gasteiger partial charge is 0.237 e. The molecule has 1 aromatic rings. The van der Waals surface area contributed by atoms with Gasteiger partial charge >= 0.3 is 0 Å². The SMILES string of the molecule is CCNC(=O)[C@@H]1C[C@@H](NC(=O)C2CCCCCC2)CN1Cc1ccc(C)o1. The third-order valence-corrected chi connectivity index (χ3v) is 5.78. The van der Waals surface area contributed by atoms with Crippen LogP contribution in [0.5, 0.6) is 0 Å². The summed E-state index contributed by atoms with van der Waals surface area (Å²) in [5, 5.41) is 6.16. The second-order valence-corrected chi connectivity index (χ2v) is 7.98. The van der Waals surface area contributed by atoms with Crippen molar-refractivity contribution in [2.45, 2.75) is 77.4 Å². The van der Waals surface area contributed by atoms with E-state index in [1.54, 1.807) is 0 Å². The second-order valence-electron chi connectivity index (χ2n) is 7.98. The van der Waals surface area contributed by atoms with Crippen LogP contribution in [-0.4, -0.2) is 41.9 Å². The van der Waals surface area contributed by atoms with Crippen LogP contribution >= 0.6 is 0 Å². The van der Waals surface area contributed by atoms with E-state index in [9.17, 15) is 9.59 Å². The molecule has 27 heavy (non-hydrogen) atoms. The summed E-state index contributed by atoms with van der Waals surface area (Å²) in [6.07, 6.45) is 7.42. The van der Waals surface area contributed by atoms with E-state index >= 15 is 0 Å². The summed E-state index contributed by atoms with van der Waals surface area (Å²) in [6.45, 7) is 5.73. The maximum absolute atomic E-state index is 12.7. The fourth-order valence-corrected chi connectivity index (χ4v) is 4.38. The first-order valence-electron chi connectivity index (χ1n) is 10.4. The number of likely N-dealkylation sites (tertiary alicyclic amines) is 1. The zero-order valence-electron chi connectivity index (χ0n) is 16.6. The van der Waals surface area contributed by atoms with E-state index in [1.165, 1.54) is 12.8 Å². The van der Waals surface area contributed by atoms with Crippen LogP contribution in [0.1, 0.15) is 63.4 Å². The monoisotopic (exact) mass is 375 g/mol. The van der Waals surface area contributed by atoms with E-state index in [-0.39, 0.29) is 29.8 Å². The Labute approximate surface area is 162 Å². The summed E-state index contributed by atoms with van der Waals surface area (Å²) >= 11 is 0. The first-order chi connectivity index (χ1) is 13.1. The number of hydrogen-bond acceptors (Lipinski definition) is 4. The number of furan rings is 1. The third kappa shape index (κ3) is 5.34. The predicted octanol–water partition coefficient (Wildman–Crippen LogP) is 2.75. The lowest BCUT2D eigenvalue weighted by atomic mass is 9.99. The van der Waals surface area contributed by atoms with Crippen molar-refractivity contribution in [1.82, 2.24) is 15.5 Å². The highest BCUT2D eigenvalue weighted by Crippen LogP contribution is 2.25. The van der Waals surface area contributed by atoms with Crippen LogP contribution in [-0.2, 0) is 16.1 Å². The van der Waals surface area contributed by atoms with E-state index in [0.717, 1.165) is 37.2 Å². The van der Waals surface area contributed by atoms with Crippen molar-refractivity contribution >= 4 is 11.8 Å². The Balaban J connectivity index is 1.62. The lowest BCUT2D eigenvalue weighted by molar-refractivity contribution is -0.127. The number of aryl methyl sites for hydroxylation is 1. The van der Waals surface area contributed by atoms with E-state index < -0.39 is 0 Å². The molecule has 0 spiro atoms. The summed E-state index contributed by atoms with van der Waals surface area (Å²) in [5.41, 5.74) is 0. The molecule has 0 bridgehead atoms. The summed E-state index contributed by atoms with van der Waals surface area (Å²) in [5.74, 6) is 2.07. The molecule has 2 amide bonds. The molecule has 1 aromatic heterocycles. The summed E-state index contributed by atoms with van der Waals surface area (Å²) in [7, 11) is 0. The van der Waals surface area contributed by atoms with Gasteiger partial charge in [0.25, 0.3) is 0 Å². The number of nitrogens with zero attached hydrogens (tertiary/aromatic N) is 1. The average molecular weight is 376 g/mol. The Morgan fingerprint density at radius 1 is 1.15 bits per heavy atom. The fourth-order valence-electron chi connectivity index (χ4n) is 4.38. The zero-order chi connectivity index (χ0) is 19.2. The highest BCUT2D eigenvalue weighted by Gasteiger charge is 2.38. The van der Waals surface area contributed by atoms with Gasteiger partial charge in [0, 0.05) is 25.0 Å². The van der Waals surface area contributed by atoms with Crippen LogP contribution in [0.2, 0.25) is 0 Å². The van der Waals surface area contributed by atoms with Crippen molar-refractivity contribution in [2.24, 2.45) is 5.92 Å². The lowest BCUT2D eigenvalue weighted by Gasteiger charge is -2.22. The number of rotatable bonds is 6. The molecule has 150 valence electrons. The van der Waals surface area contributed by atoms with Crippen molar-refractivity contribution in [3.05, 3.63) is 23.7 Å². The van der Waals surface area contributed by atoms with Crippen molar-refractivity contribution in [3.8, 4) is 0 Å². The normalized spacial score (nSPS) is 24.5. The minimum Gasteiger partial charge on any atom is -0.465 e. The van der Waals surface area contributed by atoms with Crippen LogP contribution in [0.25, 0.3) is 0 Å². The first kappa shape index (κ1) is 19.9. The molecule has 1 aliphatic carbocycles. The highest BCUT2D eigenvalue weighted by atomic mass is 16.3. The van der Waals surface area contributed by atoms with Gasteiger partial charge in [-0.05, 0) is 45.2 Å². The minimum atomic E-state index is -0.227. The Bertz CT molecular complexity index is 634. The number of carbonyl (C=O) groups is 2. The summed E-state index contributed by atoms with van der Waals surface area (Å²) in [6, 6.07) is 3.69. The van der Waals surface area contributed by atoms with Gasteiger partial charge in [-0.25, -0.2) is 0 Å². The topological polar surface area (TPSA) is 74.6 Å². The van der Waals surface area contributed by atoms with Crippen molar-refractivity contribution in [1.29, 1.82) is 0 Å². The Morgan fingerprint density at radius 3 is 2.52 bits per heavy atom. The van der Waals surface area contributed by atoms with Gasteiger partial charge < -0.3 is 15.1 Å². The zero-order valence-corrected chi connectivity index (χ0v) is 16.6. The van der Waals surface area contributed by atoms with Gasteiger partial charge in [-0.3, -0.25) is 14.5 Å². The predicted molar refractivity (Wildman–Crippen MR) is 104 cm³/mol. The van der Waals surface area contributed by atoms with Crippen LogP contribution in [0.4, 0.5) is 0 Å². The molecule has 0 aromatic carbocycles. The van der Waals surface area contributed by atoms with Crippen molar-refractivity contribution < 1.29 is 14.0 Å². The van der Waals surface area contributed by atoms with Gasteiger partial charge in [0.15, 0.2) is 0 Å². The van der Waals surface area contributed by atoms with Gasteiger partial charge in [-0.1, -0.05) is 25.7 Å². The molecule has 6 nitrogen and oxygen atoms in total. The van der Waals surface area contributed by atoms with E-state index in [2.05, 4.69) is 15.5 Å². The van der Waals surface area contributed by atoms with Gasteiger partial charge in [-0.15, -0.1) is 0 Å². The molecule has 1 saturated carbocycles. The highest BCUT2D eigenvalue weighted by molar-refractivity contribution is 5.83. The summed E-state index contributed by atoms with van der Waals surface area (Å²) in [4.78, 5) is 27.4. The molecule has 2 heterocycles. The van der Waals surface area contributed by atoms with Gasteiger partial charge in [-0.2, -0.15) is 0 Å². The van der Waals surface area contributed by atoms with Crippen LogP contribution in [0.15, 0.2) is 16.5 Å². The Morgan fingerprint density at radius 2 is 1.89 bits per heavy atom. The fraction of sp³-hybridized carbons (Fsp3) is 0.714. The Hall–Kier alpha value is -1.82. The van der Waals surface area contributed by atoms with Crippen LogP contribution < -0.4 is 10.6 Å². The molecule has 3 rings (SSSR count). The molecule has 2 fully saturated rings. The van der Waals surface area contributed by atoms with E-state index in [4.69, 9.17) is 4.42 Å². The van der Waals surface area contributed by atoms with Crippen molar-refractivity contribution in [3.63, 3.8) is 0 Å². The lowest BCUT2D eigenvalue weighted by Crippen LogP contribution is -2.42. The van der Waals surface area contributed by atoms with Crippen molar-refractivity contribution in [2.75, 3.05) is 13.1 Å². The number of hydrogen-bond donors (Lipinski definition) is 2. The second kappa shape index (κ2) is 9.40. The maximum atomic E-state index is 12.7. The van der Waals surface area contributed by atoms with Crippen LogP contribution in [0, 0.1) is 12.8 Å². The summed E-state index contributed by atoms with van der Waals surface area (Å²) < 4.78 is 5.70. The first-order valence-corrected chi connectivity index (χ1v) is 10.4. The molecular weight excluding hydrogens is 342 g/mol. The molecule has 2 N–H and O–H groups in total. The molecule has 6 heteroatoms. The van der Waals surface area contributed by atoms with Gasteiger partial charge in [0.2, 0.25) is 11.8 Å². The molecular formula is C21H33N3O3. The molecule has 1 aliphatic heterocycles. The largest absolute Gasteiger partial charge is 0.465 e. The molecule has 2 aliphatic rings. The third-order valence-electron chi connectivity index (χ3n) is 5.78. The van der Waals surface area contributed by atoms with E-state index in [1.807, 2.05) is 26.0 Å². The molecule has 2 atom stereocenters. The average Bonchev–Trinajstić information content (AvgIpc) is 3.11. The minimum absolute atomic E-state index is 0.0180. The molecule has 1 saturated heterocycles. The number of nitrogens with one attached hydrogen (secondary N) is 2. The number of carbonyl (C=O) groups excluding carboxylic acids is 2. The number of likely N-dealkylation sites (N-methyl/N-ethyl adjacent to an activating group) is 1. The maximum Gasteiger partial charge on any atom is 0.237 e. The van der Waals surface area contributed by atoms with Crippen LogP contribution in [0.3, 0.4) is 0 Å². The number of amides is 2. The van der Waals surface area contributed by atoms with Gasteiger partial charge in [0.1, 0.15) is 11.5 Å². The van der Waals surface area contributed by atoms with Gasteiger partial charge in [0.05, 0.1) is 12.6 Å². The Kier molecular flexibility index (Phi) is 6.94.